The third-order valence-electron chi connectivity index (χ3n) is 24.0. The maximum atomic E-state index is 13.8. The molecule has 0 fully saturated rings. The zero-order chi connectivity index (χ0) is 95.2. The SMILES string of the molecule is CCC(C)C(=O)c1c(O)c(O)cc2c(O)c(-c3c(C)cc4c(C(=O)C(C)CC)c(O)c(O)cc4c3O)c(C)cc12.Cc1cc2c(C(=O)C(C)(C)C)c(O)c(O)cc2c(O)c1-c1c(C)cc2c(C(=O)C(C)(C)C)c(O)c(O)cc2c1O.Cc1cc2c(C(=O)c3nc4ccccc4s3)c(O)c(O)cc2c(O)c1-c1c(C)cc2c(C(=O)c3nc4ccccc4s3)c(O)c(O)cc2c1O. The molecule has 16 rings (SSSR count). The molecule has 0 radical (unpaired) electrons. The average Bonchev–Trinajstić information content (AvgIpc) is 0.790. The highest BCUT2D eigenvalue weighted by molar-refractivity contribution is 7.20. The number of fused-ring (bicyclic) bond motifs is 8. The lowest BCUT2D eigenvalue weighted by Gasteiger charge is -2.23. The molecule has 0 bridgehead atoms. The lowest BCUT2D eigenvalue weighted by Crippen LogP contribution is -2.20. The summed E-state index contributed by atoms with van der Waals surface area (Å²) in [6, 6.07) is 30.7. The standard InChI is InChI=1S/C38H24N2O8S2.2C32H34O8/c1-15-11-17-19(13-23(41)33(45)29(17)35(47)37-39-21-7-3-5-9-25(21)49-37)31(43)27(15)28-16(2)12-18-20(32(28)44)14-24(42)34(46)30(18)36(48)38-40-22-8-4-6-10-26(22)50-38;1-13-9-15-17(11-19(33)27(37)23(15)29(39)31(3,4)5)25(35)21(13)22-14(2)10-16-18(26(22)36)12-20(34)28(38)24(16)30(40)32(6,7)8;1-7-13(3)27(35)25-17-9-15(5)23(29(37)19(17)11-21(33)31(25)39)24-16(6)10-18-20(30(24)38)12-22(34)32(40)26(18)28(36)14(4)8-2/h3-14,41-46H,1-2H3;9-12,33-38H,1-8H3;9-14,33-34,37-40H,7-8H2,1-6H3. The minimum absolute atomic E-state index is 0.0181. The summed E-state index contributed by atoms with van der Waals surface area (Å²) in [6.07, 6.45) is 1.01. The number of phenols is 18. The normalized spacial score (nSPS) is 12.3. The number of aromatic nitrogens is 2. The van der Waals surface area contributed by atoms with E-state index in [0.29, 0.717) is 57.3 Å². The van der Waals surface area contributed by atoms with Crippen LogP contribution in [-0.2, 0) is 0 Å². The van der Waals surface area contributed by atoms with E-state index in [0.717, 1.165) is 68.5 Å². The van der Waals surface area contributed by atoms with Gasteiger partial charge in [-0.1, -0.05) is 93.5 Å². The van der Waals surface area contributed by atoms with Crippen LogP contribution in [0.1, 0.15) is 188 Å². The predicted molar refractivity (Wildman–Crippen MR) is 500 cm³/mol. The maximum Gasteiger partial charge on any atom is 0.226 e. The smallest absolute Gasteiger partial charge is 0.226 e. The van der Waals surface area contributed by atoms with Gasteiger partial charge in [-0.05, 0) is 185 Å². The molecule has 666 valence electrons. The number of aryl methyl sites for hydroxylation is 6. The zero-order valence-electron chi connectivity index (χ0n) is 73.3. The zero-order valence-corrected chi connectivity index (χ0v) is 75.0. The summed E-state index contributed by atoms with van der Waals surface area (Å²) in [4.78, 5) is 89.2. The van der Waals surface area contributed by atoms with Crippen molar-refractivity contribution in [1.29, 1.82) is 0 Å². The van der Waals surface area contributed by atoms with Crippen molar-refractivity contribution in [3.05, 3.63) is 198 Å². The van der Waals surface area contributed by atoms with E-state index in [1.54, 1.807) is 158 Å². The molecule has 0 spiro atoms. The molecule has 0 saturated carbocycles. The van der Waals surface area contributed by atoms with E-state index in [1.165, 1.54) is 0 Å². The van der Waals surface area contributed by atoms with Crippen molar-refractivity contribution < 1.29 is 121 Å². The Bertz CT molecular complexity index is 7180. The fourth-order valence-electron chi connectivity index (χ4n) is 16.9. The van der Waals surface area contributed by atoms with Crippen LogP contribution < -0.4 is 0 Å². The lowest BCUT2D eigenvalue weighted by molar-refractivity contribution is 0.0850. The number of benzene rings is 14. The van der Waals surface area contributed by atoms with Crippen LogP contribution in [0.3, 0.4) is 0 Å². The number of rotatable bonds is 15. The summed E-state index contributed by atoms with van der Waals surface area (Å²) >= 11 is 2.25. The highest BCUT2D eigenvalue weighted by Gasteiger charge is 2.38. The van der Waals surface area contributed by atoms with E-state index in [4.69, 9.17) is 0 Å². The molecule has 2 aromatic heterocycles. The number of phenolic OH excluding ortho intramolecular Hbond substituents is 18. The first-order valence-electron chi connectivity index (χ1n) is 41.3. The van der Waals surface area contributed by atoms with Gasteiger partial charge in [0.2, 0.25) is 11.6 Å². The number of carbonyl (C=O) groups excluding carboxylic acids is 6. The molecule has 0 aliphatic carbocycles. The first-order chi connectivity index (χ1) is 61.0. The van der Waals surface area contributed by atoms with Gasteiger partial charge in [0.15, 0.2) is 102 Å². The Kier molecular flexibility index (Phi) is 23.3. The van der Waals surface area contributed by atoms with Gasteiger partial charge in [-0.2, -0.15) is 0 Å². The van der Waals surface area contributed by atoms with Gasteiger partial charge >= 0.3 is 0 Å². The van der Waals surface area contributed by atoms with Gasteiger partial charge in [-0.15, -0.1) is 22.7 Å². The largest absolute Gasteiger partial charge is 0.507 e. The van der Waals surface area contributed by atoms with Crippen LogP contribution in [0.4, 0.5) is 0 Å². The number of carbonyl (C=O) groups is 6. The molecule has 14 aromatic carbocycles. The molecule has 0 amide bonds. The van der Waals surface area contributed by atoms with E-state index in [-0.39, 0.29) is 176 Å². The van der Waals surface area contributed by atoms with Crippen LogP contribution >= 0.6 is 22.7 Å². The van der Waals surface area contributed by atoms with Crippen LogP contribution in [0.2, 0.25) is 0 Å². The van der Waals surface area contributed by atoms with E-state index in [1.807, 2.05) is 38.1 Å². The highest BCUT2D eigenvalue weighted by atomic mass is 32.1. The van der Waals surface area contributed by atoms with E-state index in [2.05, 4.69) is 9.97 Å². The summed E-state index contributed by atoms with van der Waals surface area (Å²) < 4.78 is 1.51. The van der Waals surface area contributed by atoms with Gasteiger partial charge < -0.3 is 91.9 Å². The van der Waals surface area contributed by atoms with Crippen molar-refractivity contribution in [3.63, 3.8) is 0 Å². The summed E-state index contributed by atoms with van der Waals surface area (Å²) in [5, 5.41) is 199. The molecule has 2 unspecified atom stereocenters. The lowest BCUT2D eigenvalue weighted by atomic mass is 9.81. The fourth-order valence-corrected chi connectivity index (χ4v) is 18.7. The van der Waals surface area contributed by atoms with E-state index >= 15 is 0 Å². The van der Waals surface area contributed by atoms with Crippen LogP contribution in [0.25, 0.3) is 118 Å². The molecule has 2 atom stereocenters. The minimum Gasteiger partial charge on any atom is -0.507 e. The fraction of sp³-hybridized carbons (Fsp3) is 0.216. The molecule has 28 heteroatoms. The first kappa shape index (κ1) is 91.1. The number of hydrogen-bond donors (Lipinski definition) is 18. The van der Waals surface area contributed by atoms with Gasteiger partial charge in [0.05, 0.1) is 53.8 Å². The van der Waals surface area contributed by atoms with Crippen LogP contribution in [0.15, 0.2) is 121 Å². The molecular formula is C102H92N2O24S2. The third-order valence-corrected chi connectivity index (χ3v) is 26.1. The molecular weight excluding hydrogens is 1700 g/mol. The molecule has 16 aromatic rings. The number of ketones is 6. The van der Waals surface area contributed by atoms with Crippen molar-refractivity contribution in [2.24, 2.45) is 22.7 Å². The summed E-state index contributed by atoms with van der Waals surface area (Å²) in [5.74, 6) is -13.3. The third kappa shape index (κ3) is 15.0. The van der Waals surface area contributed by atoms with Gasteiger partial charge in [0.1, 0.15) is 34.5 Å². The van der Waals surface area contributed by atoms with Gasteiger partial charge in [-0.3, -0.25) is 28.8 Å². The van der Waals surface area contributed by atoms with E-state index in [9.17, 15) is 121 Å². The summed E-state index contributed by atoms with van der Waals surface area (Å²) in [6.45, 7) is 27.1. The average molecular weight is 1790 g/mol. The number of hydrogen-bond acceptors (Lipinski definition) is 28. The molecule has 26 nitrogen and oxygen atoms in total. The summed E-state index contributed by atoms with van der Waals surface area (Å²) in [7, 11) is 0. The highest BCUT2D eigenvalue weighted by Crippen LogP contribution is 2.57. The molecule has 130 heavy (non-hydrogen) atoms. The van der Waals surface area contributed by atoms with E-state index < -0.39 is 126 Å². The van der Waals surface area contributed by atoms with Gasteiger partial charge in [0, 0.05) is 121 Å². The van der Waals surface area contributed by atoms with Crippen molar-refractivity contribution in [2.75, 3.05) is 0 Å². The van der Waals surface area contributed by atoms with Crippen LogP contribution in [0, 0.1) is 64.2 Å². The van der Waals surface area contributed by atoms with Crippen molar-refractivity contribution in [2.45, 2.75) is 124 Å². The molecule has 2 heterocycles. The number of aromatic hydroxyl groups is 18. The first-order valence-corrected chi connectivity index (χ1v) is 42.9. The summed E-state index contributed by atoms with van der Waals surface area (Å²) in [5.41, 5.74) is 2.15. The Balaban J connectivity index is 0.000000159. The maximum absolute atomic E-state index is 13.8. The number of para-hydroxylation sites is 2. The number of nitrogens with zero attached hydrogens (tertiary/aromatic N) is 2. The quantitative estimate of drug-likeness (QED) is 0.0335. The topological polar surface area (TPSA) is 492 Å². The Morgan fingerprint density at radius 1 is 0.285 bits per heavy atom. The molecule has 0 saturated heterocycles. The molecule has 0 aliphatic heterocycles. The van der Waals surface area contributed by atoms with Crippen LogP contribution in [0.5, 0.6) is 103 Å². The number of Topliss-reactive ketones (excluding diaryl/α,β-unsaturated/α-hetero) is 4. The number of thiazole rings is 2. The molecule has 0 aliphatic rings. The van der Waals surface area contributed by atoms with Crippen LogP contribution in [-0.4, -0.2) is 137 Å². The Hall–Kier alpha value is -15.2. The Labute approximate surface area is 749 Å². The second-order valence-electron chi connectivity index (χ2n) is 34.9. The van der Waals surface area contributed by atoms with Gasteiger partial charge in [-0.25, -0.2) is 9.97 Å². The monoisotopic (exact) mass is 1790 g/mol. The van der Waals surface area contributed by atoms with Gasteiger partial charge in [0.25, 0.3) is 0 Å². The Morgan fingerprint density at radius 3 is 0.700 bits per heavy atom. The molecule has 18 N–H and O–H groups in total. The van der Waals surface area contributed by atoms with Crippen molar-refractivity contribution in [1.82, 2.24) is 9.97 Å². The Morgan fingerprint density at radius 2 is 0.485 bits per heavy atom. The van der Waals surface area contributed by atoms with Crippen molar-refractivity contribution in [3.8, 4) is 137 Å². The second-order valence-corrected chi connectivity index (χ2v) is 37.0. The van der Waals surface area contributed by atoms with Crippen molar-refractivity contribution >= 4 is 142 Å². The predicted octanol–water partition coefficient (Wildman–Crippen LogP) is 22.1. The second kappa shape index (κ2) is 33.2. The minimum atomic E-state index is -0.899.